The Morgan fingerprint density at radius 2 is 0.785 bits per heavy atom. The maximum Gasteiger partial charge on any atom is 0.356 e. The fourth-order valence-electron chi connectivity index (χ4n) is 20.3. The highest BCUT2D eigenvalue weighted by Gasteiger charge is 2.33. The van der Waals surface area contributed by atoms with Gasteiger partial charge in [0.15, 0.2) is 69.5 Å². The number of anilines is 8. The highest BCUT2D eigenvalue weighted by atomic mass is 35.5. The number of aromatic nitrogens is 24. The molecular formula is C104H121ClFN33O10. The molecule has 23 rings (SSSR count). The van der Waals surface area contributed by atoms with E-state index in [1.165, 1.54) is 63.4 Å². The van der Waals surface area contributed by atoms with Gasteiger partial charge in [-0.25, -0.2) is 78.9 Å². The molecule has 149 heavy (non-hydrogen) atoms. The number of nitrogens with two attached hydrogens (primary N) is 2. The lowest BCUT2D eigenvalue weighted by atomic mass is 10.1. The summed E-state index contributed by atoms with van der Waals surface area (Å²) in [6, 6.07) is 15.9. The van der Waals surface area contributed by atoms with Crippen molar-refractivity contribution in [3.05, 3.63) is 212 Å². The third-order valence-corrected chi connectivity index (χ3v) is 27.9. The summed E-state index contributed by atoms with van der Waals surface area (Å²) in [5, 5.41) is 38.3. The Balaban J connectivity index is 0.000000127. The minimum Gasteiger partial charge on any atom is -0.476 e. The van der Waals surface area contributed by atoms with Gasteiger partial charge in [-0.15, -0.1) is 0 Å². The van der Waals surface area contributed by atoms with E-state index in [9.17, 15) is 38.0 Å². The number of nitrogens with zero attached hydrogens (tertiary/aromatic N) is 28. The van der Waals surface area contributed by atoms with Gasteiger partial charge in [0.1, 0.15) is 77.0 Å². The molecular weight excluding hydrogens is 1930 g/mol. The van der Waals surface area contributed by atoms with E-state index in [0.717, 1.165) is 256 Å². The molecule has 0 bridgehead atoms. The predicted octanol–water partition coefficient (Wildman–Crippen LogP) is 13.9. The Morgan fingerprint density at radius 1 is 0.436 bits per heavy atom. The van der Waals surface area contributed by atoms with Crippen molar-refractivity contribution in [3.63, 3.8) is 0 Å². The minimum absolute atomic E-state index is 0.0721. The number of piperazine rings is 1. The molecule has 45 heteroatoms. The first-order valence-corrected chi connectivity index (χ1v) is 50.5. The summed E-state index contributed by atoms with van der Waals surface area (Å²) in [4.78, 5) is 156. The molecule has 0 aliphatic carbocycles. The normalized spacial score (nSPS) is 16.5. The molecule has 16 aromatic rings. The Hall–Kier alpha value is -16.1. The van der Waals surface area contributed by atoms with E-state index in [1.54, 1.807) is 44.1 Å². The zero-order chi connectivity index (χ0) is 106. The average Bonchev–Trinajstić information content (AvgIpc) is 1.34. The van der Waals surface area contributed by atoms with Crippen LogP contribution in [0.1, 0.15) is 190 Å². The van der Waals surface area contributed by atoms with Crippen LogP contribution >= 0.6 is 11.6 Å². The van der Waals surface area contributed by atoms with Crippen molar-refractivity contribution in [1.82, 2.24) is 123 Å². The molecule has 7 fully saturated rings. The average molecular weight is 2050 g/mol. The number of hydrogen-bond acceptors (Lipinski definition) is 33. The molecule has 0 spiro atoms. The number of fused-ring (bicyclic) bond motifs is 7. The van der Waals surface area contributed by atoms with E-state index >= 15 is 0 Å². The smallest absolute Gasteiger partial charge is 0.356 e. The second-order valence-corrected chi connectivity index (χ2v) is 37.6. The molecule has 19 heterocycles. The molecule has 7 aliphatic rings. The lowest BCUT2D eigenvalue weighted by Gasteiger charge is -2.35. The number of hydrogen-bond donors (Lipinski definition) is 6. The number of halogens is 2. The summed E-state index contributed by atoms with van der Waals surface area (Å²) < 4.78 is 36.2. The van der Waals surface area contributed by atoms with Crippen molar-refractivity contribution in [2.24, 2.45) is 0 Å². The van der Waals surface area contributed by atoms with Crippen molar-refractivity contribution in [3.8, 4) is 17.1 Å². The zero-order valence-electron chi connectivity index (χ0n) is 85.4. The van der Waals surface area contributed by atoms with Crippen LogP contribution in [0.3, 0.4) is 0 Å². The number of aromatic amines is 2. The fourth-order valence-corrected chi connectivity index (χ4v) is 20.3. The van der Waals surface area contributed by atoms with Crippen LogP contribution in [-0.4, -0.2) is 250 Å². The molecule has 2 atom stereocenters. The molecule has 8 N–H and O–H groups in total. The van der Waals surface area contributed by atoms with E-state index in [1.807, 2.05) is 109 Å². The molecule has 7 aliphatic heterocycles. The Bertz CT molecular complexity index is 7880. The summed E-state index contributed by atoms with van der Waals surface area (Å²) in [5.74, 6) is 3.53. The third-order valence-electron chi connectivity index (χ3n) is 27.7. The Kier molecular flexibility index (Phi) is 32.6. The molecule has 12 aromatic heterocycles. The number of aromatic carboxylic acids is 1. The number of aryl methyl sites for hydroxylation is 7. The van der Waals surface area contributed by atoms with Crippen LogP contribution in [0.2, 0.25) is 0 Å². The van der Waals surface area contributed by atoms with Gasteiger partial charge >= 0.3 is 5.97 Å². The maximum atomic E-state index is 13.9. The van der Waals surface area contributed by atoms with Crippen LogP contribution in [-0.2, 0) is 19.1 Å². The Labute approximate surface area is 861 Å². The second kappa shape index (κ2) is 47.2. The summed E-state index contributed by atoms with van der Waals surface area (Å²) >= 11 is 4.71. The number of alkyl halides is 1. The van der Waals surface area contributed by atoms with E-state index < -0.39 is 18.4 Å². The number of carbonyl (C=O) groups excluding carboxylic acids is 3. The van der Waals surface area contributed by atoms with Gasteiger partial charge in [-0.05, 0) is 234 Å². The van der Waals surface area contributed by atoms with E-state index in [-0.39, 0.29) is 63.5 Å². The highest BCUT2D eigenvalue weighted by Crippen LogP contribution is 2.39. The van der Waals surface area contributed by atoms with Crippen LogP contribution in [0.4, 0.5) is 50.5 Å². The summed E-state index contributed by atoms with van der Waals surface area (Å²) in [5.41, 5.74) is 25.1. The molecule has 2 amide bonds. The number of allylic oxidation sites excluding steroid dienone is 1. The number of benzene rings is 4. The van der Waals surface area contributed by atoms with Gasteiger partial charge < -0.3 is 60.8 Å². The molecule has 2 unspecified atom stereocenters. The predicted molar refractivity (Wildman–Crippen MR) is 571 cm³/mol. The van der Waals surface area contributed by atoms with Crippen LogP contribution < -0.4 is 58.0 Å². The second-order valence-electron chi connectivity index (χ2n) is 37.3. The number of carbonyl (C=O) groups is 4. The van der Waals surface area contributed by atoms with Crippen molar-refractivity contribution in [2.45, 2.75) is 176 Å². The monoisotopic (exact) mass is 2050 g/mol. The summed E-state index contributed by atoms with van der Waals surface area (Å²) in [6.45, 7) is 31.1. The number of piperidine rings is 4. The van der Waals surface area contributed by atoms with Crippen molar-refractivity contribution < 1.29 is 39.5 Å². The number of ether oxygens (including phenoxy) is 2. The van der Waals surface area contributed by atoms with Gasteiger partial charge in [-0.2, -0.15) is 20.4 Å². The number of nitrogens with one attached hydrogen (secondary N) is 3. The number of carboxylic acids is 1. The van der Waals surface area contributed by atoms with Gasteiger partial charge in [0.25, 0.3) is 22.6 Å². The van der Waals surface area contributed by atoms with Crippen LogP contribution in [0.15, 0.2) is 145 Å². The molecule has 4 aromatic carbocycles. The van der Waals surface area contributed by atoms with E-state index in [2.05, 4.69) is 120 Å². The standard InChI is InChI=1S/C25H29N7O2.C23H29N7O2.C22H22N8O2.C20H21N7O.C10H14N4O2.C3H3ClO.CH3F/c1-16-9-10-19-18(14-28-32(19)20-8-4-7-13-34-20)23(16)31-17(2)29-21-22(25(31)33)26-15-27-24(21)30-11-5-3-6-12-30;1-15-8-9-17-16(13-27-30(17)18-7-3-6-12-32-18)20(15)28-23(31)21-19(24)22(26-14-25-21)29-10-4-2-5-11-29;1-4-17(31)28-7-9-29(10-8-28)21-18-19(23-12-24-21)22(32)30(14(3)26-18)20-13(2)5-6-16-15(20)11-25-27-16;1-12-6-7-15-14(10-23-25-15)18(12)27-13(2)24-16-17(20(27)28)21-11-22-19(16)26-8-4-3-5-9-26;11-7-8(10(15)16)12-6-13-9(7)14-4-2-1-3-5-14;1-2-3(4)5;1-2/h9-10,14-15,20H,3-8,11-13H2,1-2H3;8-9,13-14,18H,2-7,10-12,24H2,1H3,(H,28,31);4-6,11-12H,1,7-10H2,2-3H3,(H,25,27);6-7,10-11H,3-5,8-9H2,1-2H3,(H,23,25);6H,1-5,11H2,(H,15,16);2H,1H2;1H3/i;;;;;;1D. The SMILES string of the molecule is C=CC(=O)Cl.C=CC(=O)N1CCN(c2ncnc3c(=O)n(-c4c(C)ccc5[nH]ncc45)c(C)nc23)CC1.Cc1ccc2[nH]ncc2c1-n1c(C)nc2c(N3CCCCC3)ncnc2c1=O.Cc1ccc2c(cnn2C2CCCCO2)c1-n1c(C)nc2c(N3CCCCC3)ncnc2c1=O.Cc1ccc2c(cnn2C2CCCCO2)c1NC(=O)c1ncnc(N2CCCCC2)c1N.Nc1c(C(=O)O)ncnc1N1CCCCC1.[2H]CF. The number of H-pyrrole nitrogens is 2. The van der Waals surface area contributed by atoms with Crippen molar-refractivity contribution >= 4 is 157 Å². The lowest BCUT2D eigenvalue weighted by molar-refractivity contribution is -0.126. The molecule has 0 saturated carbocycles. The van der Waals surface area contributed by atoms with Crippen LogP contribution in [0.5, 0.6) is 0 Å². The first-order chi connectivity index (χ1) is 72.8. The number of carboxylic acid groups (broad SMARTS) is 1. The van der Waals surface area contributed by atoms with Crippen molar-refractivity contribution in [2.75, 3.05) is 140 Å². The number of rotatable bonds is 15. The van der Waals surface area contributed by atoms with E-state index in [4.69, 9.17) is 54.0 Å². The largest absolute Gasteiger partial charge is 0.476 e. The zero-order valence-corrected chi connectivity index (χ0v) is 85.2. The lowest BCUT2D eigenvalue weighted by Crippen LogP contribution is -2.48. The van der Waals surface area contributed by atoms with Gasteiger partial charge in [0.05, 0.1) is 78.1 Å². The molecule has 43 nitrogen and oxygen atoms in total. The first kappa shape index (κ1) is 103. The van der Waals surface area contributed by atoms with Gasteiger partial charge in [0, 0.05) is 113 Å². The number of nitrogen functional groups attached to an aromatic ring is 2. The minimum atomic E-state index is -1.11. The highest BCUT2D eigenvalue weighted by molar-refractivity contribution is 6.66. The summed E-state index contributed by atoms with van der Waals surface area (Å²) in [7, 11) is -1.00. The van der Waals surface area contributed by atoms with Crippen molar-refractivity contribution in [1.29, 1.82) is 0 Å². The van der Waals surface area contributed by atoms with Gasteiger partial charge in [-0.1, -0.05) is 37.4 Å². The molecule has 776 valence electrons. The van der Waals surface area contributed by atoms with Gasteiger partial charge in [-0.3, -0.25) is 57.1 Å². The molecule has 0 radical (unpaired) electrons. The van der Waals surface area contributed by atoms with Crippen LogP contribution in [0.25, 0.3) is 93.8 Å². The van der Waals surface area contributed by atoms with Crippen LogP contribution in [0, 0.1) is 48.5 Å². The Morgan fingerprint density at radius 3 is 1.17 bits per heavy atom. The third kappa shape index (κ3) is 22.0. The quantitative estimate of drug-likeness (QED) is 0.0410. The van der Waals surface area contributed by atoms with E-state index in [0.29, 0.717) is 100 Å². The summed E-state index contributed by atoms with van der Waals surface area (Å²) in [6.07, 6.45) is 36.3. The fraction of sp³-hybridized carbons (Fsp3) is 0.404. The number of amides is 2. The first-order valence-electron chi connectivity index (χ1n) is 50.9. The topological polar surface area (TPSA) is 517 Å². The van der Waals surface area contributed by atoms with Gasteiger partial charge in [0.2, 0.25) is 11.1 Å². The molecule has 7 saturated heterocycles. The maximum absolute atomic E-state index is 13.9.